The van der Waals surface area contributed by atoms with Gasteiger partial charge in [0.2, 0.25) is 5.88 Å². The number of halogens is 4. The molecule has 0 aliphatic rings. The summed E-state index contributed by atoms with van der Waals surface area (Å²) in [4.78, 5) is 5.62. The van der Waals surface area contributed by atoms with Crippen LogP contribution in [0.3, 0.4) is 0 Å². The molecule has 2 aromatic rings. The highest BCUT2D eigenvalue weighted by atomic mass is 35.5. The molecule has 1 aromatic heterocycles. The Kier molecular flexibility index (Phi) is 4.93. The van der Waals surface area contributed by atoms with Crippen LogP contribution < -0.4 is 4.74 Å². The zero-order chi connectivity index (χ0) is 16.3. The fourth-order valence-corrected chi connectivity index (χ4v) is 2.04. The number of alkyl halides is 3. The number of aromatic nitrogens is 1. The van der Waals surface area contributed by atoms with Crippen LogP contribution in [-0.2, 0) is 12.7 Å². The Bertz CT molecular complexity index is 659. The van der Waals surface area contributed by atoms with Gasteiger partial charge >= 0.3 is 6.18 Å². The SMILES string of the molecule is CN(C)Cc1ccccc1Oc1ncc(C(F)(F)F)cc1Cl. The van der Waals surface area contributed by atoms with Crippen LogP contribution in [0.2, 0.25) is 5.02 Å². The highest BCUT2D eigenvalue weighted by Gasteiger charge is 2.31. The van der Waals surface area contributed by atoms with Crippen LogP contribution in [0.15, 0.2) is 36.5 Å². The summed E-state index contributed by atoms with van der Waals surface area (Å²) in [5.74, 6) is 0.450. The molecular formula is C15H14ClF3N2O. The average Bonchev–Trinajstić information content (AvgIpc) is 2.41. The first-order valence-electron chi connectivity index (χ1n) is 6.40. The summed E-state index contributed by atoms with van der Waals surface area (Å²) in [6.45, 7) is 0.619. The third kappa shape index (κ3) is 4.11. The Morgan fingerprint density at radius 2 is 1.91 bits per heavy atom. The maximum Gasteiger partial charge on any atom is 0.417 e. The average molecular weight is 331 g/mol. The highest BCUT2D eigenvalue weighted by molar-refractivity contribution is 6.31. The molecular weight excluding hydrogens is 317 g/mol. The van der Waals surface area contributed by atoms with Crippen molar-refractivity contribution >= 4 is 11.6 Å². The van der Waals surface area contributed by atoms with E-state index < -0.39 is 11.7 Å². The van der Waals surface area contributed by atoms with Gasteiger partial charge in [-0.15, -0.1) is 0 Å². The van der Waals surface area contributed by atoms with Crippen molar-refractivity contribution in [3.05, 3.63) is 52.7 Å². The van der Waals surface area contributed by atoms with Crippen LogP contribution in [0.5, 0.6) is 11.6 Å². The van der Waals surface area contributed by atoms with Gasteiger partial charge in [0.1, 0.15) is 10.8 Å². The predicted molar refractivity (Wildman–Crippen MR) is 78.2 cm³/mol. The summed E-state index contributed by atoms with van der Waals surface area (Å²) >= 11 is 5.85. The molecule has 7 heteroatoms. The second kappa shape index (κ2) is 6.54. The normalized spacial score (nSPS) is 11.8. The van der Waals surface area contributed by atoms with Gasteiger partial charge in [0.25, 0.3) is 0 Å². The van der Waals surface area contributed by atoms with E-state index in [1.807, 2.05) is 31.1 Å². The van der Waals surface area contributed by atoms with E-state index in [4.69, 9.17) is 16.3 Å². The zero-order valence-electron chi connectivity index (χ0n) is 12.0. The topological polar surface area (TPSA) is 25.4 Å². The minimum atomic E-state index is -4.49. The summed E-state index contributed by atoms with van der Waals surface area (Å²) in [6.07, 6.45) is -3.78. The number of para-hydroxylation sites is 1. The first kappa shape index (κ1) is 16.6. The molecule has 0 spiro atoms. The molecule has 2 rings (SSSR count). The van der Waals surface area contributed by atoms with Gasteiger partial charge in [0.05, 0.1) is 5.56 Å². The zero-order valence-corrected chi connectivity index (χ0v) is 12.7. The first-order chi connectivity index (χ1) is 10.3. The van der Waals surface area contributed by atoms with Gasteiger partial charge in [0, 0.05) is 18.3 Å². The van der Waals surface area contributed by atoms with E-state index in [-0.39, 0.29) is 10.9 Å². The summed E-state index contributed by atoms with van der Waals surface area (Å²) in [6, 6.07) is 8.01. The molecule has 0 N–H and O–H groups in total. The molecule has 22 heavy (non-hydrogen) atoms. The Morgan fingerprint density at radius 3 is 2.50 bits per heavy atom. The molecule has 0 bridgehead atoms. The van der Waals surface area contributed by atoms with Gasteiger partial charge in [-0.1, -0.05) is 29.8 Å². The number of ether oxygens (including phenoxy) is 1. The third-order valence-corrected chi connectivity index (χ3v) is 3.07. The molecule has 0 aliphatic heterocycles. The molecule has 0 aliphatic carbocycles. The van der Waals surface area contributed by atoms with Crippen LogP contribution in [0.4, 0.5) is 13.2 Å². The molecule has 0 fully saturated rings. The number of benzene rings is 1. The molecule has 118 valence electrons. The molecule has 0 amide bonds. The van der Waals surface area contributed by atoms with Crippen LogP contribution in [0.25, 0.3) is 0 Å². The van der Waals surface area contributed by atoms with E-state index in [2.05, 4.69) is 4.98 Å². The van der Waals surface area contributed by atoms with Gasteiger partial charge < -0.3 is 9.64 Å². The van der Waals surface area contributed by atoms with Gasteiger partial charge in [0.15, 0.2) is 0 Å². The Hall–Kier alpha value is -1.79. The molecule has 0 saturated heterocycles. The lowest BCUT2D eigenvalue weighted by atomic mass is 10.2. The van der Waals surface area contributed by atoms with Gasteiger partial charge in [-0.2, -0.15) is 13.2 Å². The van der Waals surface area contributed by atoms with Gasteiger partial charge in [-0.25, -0.2) is 4.98 Å². The fraction of sp³-hybridized carbons (Fsp3) is 0.267. The second-order valence-corrected chi connectivity index (χ2v) is 5.36. The first-order valence-corrected chi connectivity index (χ1v) is 6.78. The fourth-order valence-electron chi connectivity index (χ4n) is 1.83. The van der Waals surface area contributed by atoms with Crippen molar-refractivity contribution in [1.29, 1.82) is 0 Å². The molecule has 1 aromatic carbocycles. The molecule has 0 unspecified atom stereocenters. The van der Waals surface area contributed by atoms with Crippen LogP contribution in [0.1, 0.15) is 11.1 Å². The van der Waals surface area contributed by atoms with E-state index >= 15 is 0 Å². The van der Waals surface area contributed by atoms with Crippen molar-refractivity contribution in [1.82, 2.24) is 9.88 Å². The standard InChI is InChI=1S/C15H14ClF3N2O/c1-21(2)9-10-5-3-4-6-13(10)22-14-12(16)7-11(8-20-14)15(17,18)19/h3-8H,9H2,1-2H3. The molecule has 0 radical (unpaired) electrons. The molecule has 0 atom stereocenters. The van der Waals surface area contributed by atoms with Crippen molar-refractivity contribution in [2.75, 3.05) is 14.1 Å². The number of hydrogen-bond donors (Lipinski definition) is 0. The van der Waals surface area contributed by atoms with E-state index in [1.165, 1.54) is 0 Å². The van der Waals surface area contributed by atoms with Crippen molar-refractivity contribution in [3.63, 3.8) is 0 Å². The monoisotopic (exact) mass is 330 g/mol. The molecule has 0 saturated carbocycles. The minimum absolute atomic E-state index is 0.0547. The molecule has 1 heterocycles. The summed E-state index contributed by atoms with van der Waals surface area (Å²) in [5, 5.41) is -0.186. The van der Waals surface area contributed by atoms with Crippen LogP contribution in [0, 0.1) is 0 Å². The van der Waals surface area contributed by atoms with Crippen molar-refractivity contribution < 1.29 is 17.9 Å². The Labute approximate surface area is 131 Å². The Morgan fingerprint density at radius 1 is 1.23 bits per heavy atom. The van der Waals surface area contributed by atoms with Gasteiger partial charge in [-0.05, 0) is 26.2 Å². The number of pyridine rings is 1. The second-order valence-electron chi connectivity index (χ2n) is 4.96. The van der Waals surface area contributed by atoms with E-state index in [0.29, 0.717) is 18.5 Å². The summed E-state index contributed by atoms with van der Waals surface area (Å²) in [5.41, 5.74) is -0.0308. The molecule has 3 nitrogen and oxygen atoms in total. The predicted octanol–water partition coefficient (Wildman–Crippen LogP) is 4.61. The lowest BCUT2D eigenvalue weighted by Crippen LogP contribution is -2.11. The van der Waals surface area contributed by atoms with Crippen LogP contribution in [-0.4, -0.2) is 24.0 Å². The maximum absolute atomic E-state index is 12.6. The summed E-state index contributed by atoms with van der Waals surface area (Å²) in [7, 11) is 3.81. The number of rotatable bonds is 4. The van der Waals surface area contributed by atoms with Crippen molar-refractivity contribution in [2.24, 2.45) is 0 Å². The smallest absolute Gasteiger partial charge is 0.417 e. The Balaban J connectivity index is 2.28. The van der Waals surface area contributed by atoms with E-state index in [0.717, 1.165) is 11.6 Å². The number of nitrogens with zero attached hydrogens (tertiary/aromatic N) is 2. The number of hydrogen-bond acceptors (Lipinski definition) is 3. The third-order valence-electron chi connectivity index (χ3n) is 2.80. The lowest BCUT2D eigenvalue weighted by molar-refractivity contribution is -0.137. The highest BCUT2D eigenvalue weighted by Crippen LogP contribution is 2.35. The van der Waals surface area contributed by atoms with E-state index in [1.54, 1.807) is 12.1 Å². The summed E-state index contributed by atoms with van der Waals surface area (Å²) < 4.78 is 43.3. The minimum Gasteiger partial charge on any atom is -0.437 e. The van der Waals surface area contributed by atoms with Crippen LogP contribution >= 0.6 is 11.6 Å². The quantitative estimate of drug-likeness (QED) is 0.818. The maximum atomic E-state index is 12.6. The largest absolute Gasteiger partial charge is 0.437 e. The van der Waals surface area contributed by atoms with E-state index in [9.17, 15) is 13.2 Å². The lowest BCUT2D eigenvalue weighted by Gasteiger charge is -2.15. The van der Waals surface area contributed by atoms with Crippen molar-refractivity contribution in [3.8, 4) is 11.6 Å². The van der Waals surface area contributed by atoms with Crippen molar-refractivity contribution in [2.45, 2.75) is 12.7 Å². The van der Waals surface area contributed by atoms with Gasteiger partial charge in [-0.3, -0.25) is 0 Å².